The van der Waals surface area contributed by atoms with Crippen molar-refractivity contribution in [3.8, 4) is 5.75 Å². The van der Waals surface area contributed by atoms with E-state index in [9.17, 15) is 0 Å². The third-order valence-electron chi connectivity index (χ3n) is 5.16. The van der Waals surface area contributed by atoms with Crippen molar-refractivity contribution in [3.05, 3.63) is 29.8 Å². The molecule has 0 spiro atoms. The molecule has 1 aromatic carbocycles. The molecule has 0 bridgehead atoms. The van der Waals surface area contributed by atoms with Gasteiger partial charge in [0.25, 0.3) is 0 Å². The van der Waals surface area contributed by atoms with Crippen LogP contribution in [0.1, 0.15) is 38.2 Å². The van der Waals surface area contributed by atoms with E-state index in [1.54, 1.807) is 0 Å². The van der Waals surface area contributed by atoms with Crippen molar-refractivity contribution < 1.29 is 4.74 Å². The predicted octanol–water partition coefficient (Wildman–Crippen LogP) is 3.90. The Morgan fingerprint density at radius 2 is 1.96 bits per heavy atom. The molecular weight excluding hydrogens is 413 g/mol. The summed E-state index contributed by atoms with van der Waals surface area (Å²) in [5.74, 6) is 2.90. The average Bonchev–Trinajstić information content (AvgIpc) is 3.43. The molecule has 2 aliphatic rings. The van der Waals surface area contributed by atoms with Gasteiger partial charge in [-0.3, -0.25) is 4.99 Å². The third kappa shape index (κ3) is 4.77. The summed E-state index contributed by atoms with van der Waals surface area (Å²) >= 11 is 0. The number of hydrogen-bond acceptors (Lipinski definition) is 2. The summed E-state index contributed by atoms with van der Waals surface area (Å²) in [6, 6.07) is 8.33. The summed E-state index contributed by atoms with van der Waals surface area (Å²) in [6.07, 6.45) is 5.65. The van der Waals surface area contributed by atoms with Crippen LogP contribution >= 0.6 is 24.0 Å². The first kappa shape index (κ1) is 19.3. The van der Waals surface area contributed by atoms with Gasteiger partial charge in [0, 0.05) is 27.2 Å². The molecule has 0 atom stereocenters. The minimum atomic E-state index is 0. The van der Waals surface area contributed by atoms with E-state index in [4.69, 9.17) is 4.74 Å². The number of ether oxygens (including phenoxy) is 1. The van der Waals surface area contributed by atoms with Gasteiger partial charge in [0.05, 0.1) is 6.61 Å². The molecule has 0 unspecified atom stereocenters. The lowest BCUT2D eigenvalue weighted by Crippen LogP contribution is -2.41. The van der Waals surface area contributed by atoms with Gasteiger partial charge >= 0.3 is 0 Å². The Labute approximate surface area is 163 Å². The first-order valence-corrected chi connectivity index (χ1v) is 8.80. The SMILES string of the molecule is CCOc1ccc(CN(C)C(=NC)NCC2(C3CC3)CC2)cc1.I. The molecule has 0 amide bonds. The number of nitrogens with zero attached hydrogens (tertiary/aromatic N) is 2. The van der Waals surface area contributed by atoms with Crippen LogP contribution in [0.25, 0.3) is 0 Å². The average molecular weight is 443 g/mol. The minimum absolute atomic E-state index is 0. The maximum absolute atomic E-state index is 5.50. The molecule has 0 saturated heterocycles. The Morgan fingerprint density at radius 1 is 1.29 bits per heavy atom. The van der Waals surface area contributed by atoms with Crippen molar-refractivity contribution in [2.75, 3.05) is 27.2 Å². The Kier molecular flexibility index (Phi) is 6.78. The number of hydrogen-bond donors (Lipinski definition) is 1. The lowest BCUT2D eigenvalue weighted by Gasteiger charge is -2.24. The van der Waals surface area contributed by atoms with E-state index < -0.39 is 0 Å². The van der Waals surface area contributed by atoms with Crippen LogP contribution in [0.2, 0.25) is 0 Å². The number of nitrogens with one attached hydrogen (secondary N) is 1. The highest BCUT2D eigenvalue weighted by Crippen LogP contribution is 2.60. The smallest absolute Gasteiger partial charge is 0.193 e. The van der Waals surface area contributed by atoms with Gasteiger partial charge in [-0.25, -0.2) is 0 Å². The van der Waals surface area contributed by atoms with Crippen LogP contribution in [-0.2, 0) is 6.54 Å². The van der Waals surface area contributed by atoms with E-state index in [-0.39, 0.29) is 24.0 Å². The molecular formula is C19H30IN3O. The molecule has 5 heteroatoms. The van der Waals surface area contributed by atoms with Crippen LogP contribution < -0.4 is 10.1 Å². The topological polar surface area (TPSA) is 36.9 Å². The van der Waals surface area contributed by atoms with Crippen LogP contribution in [0, 0.1) is 11.3 Å². The van der Waals surface area contributed by atoms with Crippen LogP contribution in [-0.4, -0.2) is 38.1 Å². The van der Waals surface area contributed by atoms with E-state index >= 15 is 0 Å². The number of aliphatic imine (C=N–C) groups is 1. The Balaban J connectivity index is 0.00000208. The molecule has 2 fully saturated rings. The maximum atomic E-state index is 5.50. The highest BCUT2D eigenvalue weighted by molar-refractivity contribution is 14.0. The van der Waals surface area contributed by atoms with Gasteiger partial charge in [-0.2, -0.15) is 0 Å². The van der Waals surface area contributed by atoms with Gasteiger partial charge in [0.2, 0.25) is 0 Å². The highest BCUT2D eigenvalue weighted by Gasteiger charge is 2.53. The number of rotatable bonds is 7. The number of guanidine groups is 1. The van der Waals surface area contributed by atoms with Gasteiger partial charge in [-0.05, 0) is 61.6 Å². The molecule has 24 heavy (non-hydrogen) atoms. The fourth-order valence-electron chi connectivity index (χ4n) is 3.43. The van der Waals surface area contributed by atoms with Crippen molar-refractivity contribution in [1.82, 2.24) is 10.2 Å². The lowest BCUT2D eigenvalue weighted by atomic mass is 10.0. The largest absolute Gasteiger partial charge is 0.494 e. The van der Waals surface area contributed by atoms with E-state index in [2.05, 4.69) is 34.4 Å². The molecule has 0 radical (unpaired) electrons. The second-order valence-electron chi connectivity index (χ2n) is 6.97. The van der Waals surface area contributed by atoms with Crippen LogP contribution in [0.3, 0.4) is 0 Å². The summed E-state index contributed by atoms with van der Waals surface area (Å²) in [4.78, 5) is 6.64. The zero-order valence-corrected chi connectivity index (χ0v) is 17.4. The van der Waals surface area contributed by atoms with E-state index in [0.717, 1.165) is 30.7 Å². The van der Waals surface area contributed by atoms with Crippen molar-refractivity contribution >= 4 is 29.9 Å². The number of benzene rings is 1. The molecule has 2 saturated carbocycles. The molecule has 0 heterocycles. The van der Waals surface area contributed by atoms with E-state index in [1.165, 1.54) is 31.2 Å². The minimum Gasteiger partial charge on any atom is -0.494 e. The van der Waals surface area contributed by atoms with Gasteiger partial charge < -0.3 is 15.0 Å². The summed E-state index contributed by atoms with van der Waals surface area (Å²) in [5.41, 5.74) is 1.86. The molecule has 4 nitrogen and oxygen atoms in total. The monoisotopic (exact) mass is 443 g/mol. The molecule has 1 N–H and O–H groups in total. The quantitative estimate of drug-likeness (QED) is 0.395. The zero-order chi connectivity index (χ0) is 16.3. The standard InChI is InChI=1S/C19H29N3O.HI/c1-4-23-17-9-5-15(6-10-17)13-22(3)18(20-2)21-14-19(11-12-19)16-7-8-16;/h5-6,9-10,16H,4,7-8,11-14H2,1-3H3,(H,20,21);1H. The molecule has 2 aliphatic carbocycles. The molecule has 0 aliphatic heterocycles. The van der Waals surface area contributed by atoms with Gasteiger partial charge in [0.15, 0.2) is 5.96 Å². The van der Waals surface area contributed by atoms with Crippen LogP contribution in [0.15, 0.2) is 29.3 Å². The number of halogens is 1. The van der Waals surface area contributed by atoms with Crippen molar-refractivity contribution in [2.24, 2.45) is 16.3 Å². The Morgan fingerprint density at radius 3 is 2.46 bits per heavy atom. The maximum Gasteiger partial charge on any atom is 0.193 e. The molecule has 0 aromatic heterocycles. The first-order chi connectivity index (χ1) is 11.2. The van der Waals surface area contributed by atoms with Crippen LogP contribution in [0.4, 0.5) is 0 Å². The molecule has 1 aromatic rings. The second-order valence-corrected chi connectivity index (χ2v) is 6.97. The highest BCUT2D eigenvalue weighted by atomic mass is 127. The fourth-order valence-corrected chi connectivity index (χ4v) is 3.43. The van der Waals surface area contributed by atoms with Crippen LogP contribution in [0.5, 0.6) is 5.75 Å². The van der Waals surface area contributed by atoms with Crippen molar-refractivity contribution in [3.63, 3.8) is 0 Å². The predicted molar refractivity (Wildman–Crippen MR) is 110 cm³/mol. The van der Waals surface area contributed by atoms with Crippen molar-refractivity contribution in [2.45, 2.75) is 39.2 Å². The zero-order valence-electron chi connectivity index (χ0n) is 15.0. The van der Waals surface area contributed by atoms with Crippen molar-refractivity contribution in [1.29, 1.82) is 0 Å². The van der Waals surface area contributed by atoms with E-state index in [1.807, 2.05) is 26.1 Å². The third-order valence-corrected chi connectivity index (χ3v) is 5.16. The second kappa shape index (κ2) is 8.41. The summed E-state index contributed by atoms with van der Waals surface area (Å²) in [6.45, 7) is 4.64. The lowest BCUT2D eigenvalue weighted by molar-refractivity contribution is 0.340. The first-order valence-electron chi connectivity index (χ1n) is 8.80. The summed E-state index contributed by atoms with van der Waals surface area (Å²) in [7, 11) is 3.97. The van der Waals surface area contributed by atoms with Gasteiger partial charge in [-0.1, -0.05) is 12.1 Å². The normalized spacial score (nSPS) is 18.5. The fraction of sp³-hybridized carbons (Fsp3) is 0.632. The Bertz CT molecular complexity index is 550. The summed E-state index contributed by atoms with van der Waals surface area (Å²) < 4.78 is 5.50. The molecule has 134 valence electrons. The van der Waals surface area contributed by atoms with Gasteiger partial charge in [0.1, 0.15) is 5.75 Å². The molecule has 3 rings (SSSR count). The van der Waals surface area contributed by atoms with E-state index in [0.29, 0.717) is 12.0 Å². The van der Waals surface area contributed by atoms with Gasteiger partial charge in [-0.15, -0.1) is 24.0 Å². The Hall–Kier alpha value is -0.980. The summed E-state index contributed by atoms with van der Waals surface area (Å²) in [5, 5.41) is 3.60.